The van der Waals surface area contributed by atoms with Crippen molar-refractivity contribution in [3.63, 3.8) is 0 Å². The molecular formula is C12H10FNO2S. The first-order valence-electron chi connectivity index (χ1n) is 4.99. The SMILES string of the molecule is CN1CC(=O)/C(=C/c2ccc(F)cc2)SC1=O. The Hall–Kier alpha value is -1.62. The first-order chi connectivity index (χ1) is 8.06. The quantitative estimate of drug-likeness (QED) is 0.720. The molecule has 0 bridgehead atoms. The fourth-order valence-electron chi connectivity index (χ4n) is 1.41. The fourth-order valence-corrected chi connectivity index (χ4v) is 2.19. The molecule has 5 heteroatoms. The van der Waals surface area contributed by atoms with Gasteiger partial charge >= 0.3 is 0 Å². The molecule has 0 atom stereocenters. The summed E-state index contributed by atoms with van der Waals surface area (Å²) in [5.74, 6) is -0.424. The maximum atomic E-state index is 12.7. The molecule has 3 nitrogen and oxygen atoms in total. The molecule has 0 unspecified atom stereocenters. The molecule has 1 aromatic carbocycles. The number of Topliss-reactive ketones (excluding diaryl/α,β-unsaturated/α-hetero) is 1. The summed E-state index contributed by atoms with van der Waals surface area (Å²) < 4.78 is 12.7. The monoisotopic (exact) mass is 251 g/mol. The maximum Gasteiger partial charge on any atom is 0.286 e. The van der Waals surface area contributed by atoms with Crippen molar-refractivity contribution >= 4 is 28.9 Å². The van der Waals surface area contributed by atoms with Gasteiger partial charge in [0.1, 0.15) is 5.82 Å². The molecule has 1 heterocycles. The Morgan fingerprint density at radius 3 is 2.59 bits per heavy atom. The molecular weight excluding hydrogens is 241 g/mol. The lowest BCUT2D eigenvalue weighted by atomic mass is 10.2. The van der Waals surface area contributed by atoms with Crippen molar-refractivity contribution < 1.29 is 14.0 Å². The Balaban J connectivity index is 2.24. The van der Waals surface area contributed by atoms with Crippen molar-refractivity contribution in [3.05, 3.63) is 40.6 Å². The molecule has 0 radical (unpaired) electrons. The topological polar surface area (TPSA) is 37.4 Å². The highest BCUT2D eigenvalue weighted by Crippen LogP contribution is 2.27. The molecule has 2 rings (SSSR count). The number of hydrogen-bond donors (Lipinski definition) is 0. The minimum Gasteiger partial charge on any atom is -0.329 e. The van der Waals surface area contributed by atoms with Crippen molar-refractivity contribution in [1.82, 2.24) is 4.90 Å². The smallest absolute Gasteiger partial charge is 0.286 e. The van der Waals surface area contributed by atoms with Crippen LogP contribution in [0.1, 0.15) is 5.56 Å². The lowest BCUT2D eigenvalue weighted by molar-refractivity contribution is -0.115. The summed E-state index contributed by atoms with van der Waals surface area (Å²) >= 11 is 0.906. The third-order valence-electron chi connectivity index (χ3n) is 2.33. The highest BCUT2D eigenvalue weighted by atomic mass is 32.2. The highest BCUT2D eigenvalue weighted by molar-refractivity contribution is 8.17. The van der Waals surface area contributed by atoms with Gasteiger partial charge in [-0.2, -0.15) is 0 Å². The average molecular weight is 251 g/mol. The van der Waals surface area contributed by atoms with Gasteiger partial charge < -0.3 is 4.90 Å². The third-order valence-corrected chi connectivity index (χ3v) is 3.38. The normalized spacial score (nSPS) is 18.9. The largest absolute Gasteiger partial charge is 0.329 e. The van der Waals surface area contributed by atoms with Crippen LogP contribution in [0.4, 0.5) is 9.18 Å². The second-order valence-electron chi connectivity index (χ2n) is 3.71. The standard InChI is InChI=1S/C12H10FNO2S/c1-14-7-10(15)11(17-12(14)16)6-8-2-4-9(13)5-3-8/h2-6H,7H2,1H3/b11-6-. The number of halogens is 1. The van der Waals surface area contributed by atoms with E-state index in [1.807, 2.05) is 0 Å². The van der Waals surface area contributed by atoms with Crippen LogP contribution in [0.15, 0.2) is 29.2 Å². The number of amides is 1. The average Bonchev–Trinajstić information content (AvgIpc) is 2.29. The lowest BCUT2D eigenvalue weighted by Gasteiger charge is -2.21. The first-order valence-corrected chi connectivity index (χ1v) is 5.81. The van der Waals surface area contributed by atoms with Crippen LogP contribution in [0.25, 0.3) is 6.08 Å². The molecule has 0 spiro atoms. The van der Waals surface area contributed by atoms with Crippen molar-refractivity contribution in [2.24, 2.45) is 0 Å². The van der Waals surface area contributed by atoms with Gasteiger partial charge in [-0.15, -0.1) is 0 Å². The molecule has 1 aliphatic heterocycles. The van der Waals surface area contributed by atoms with Crippen molar-refractivity contribution in [2.45, 2.75) is 0 Å². The minimum absolute atomic E-state index is 0.0959. The molecule has 1 amide bonds. The molecule has 17 heavy (non-hydrogen) atoms. The molecule has 0 N–H and O–H groups in total. The van der Waals surface area contributed by atoms with Gasteiger partial charge in [-0.25, -0.2) is 4.39 Å². The van der Waals surface area contributed by atoms with Crippen molar-refractivity contribution in [3.8, 4) is 0 Å². The van der Waals surface area contributed by atoms with Crippen molar-refractivity contribution in [2.75, 3.05) is 13.6 Å². The van der Waals surface area contributed by atoms with Gasteiger partial charge in [0.25, 0.3) is 5.24 Å². The molecule has 0 aliphatic carbocycles. The summed E-state index contributed by atoms with van der Waals surface area (Å²) in [7, 11) is 1.59. The van der Waals surface area contributed by atoms with E-state index in [9.17, 15) is 14.0 Å². The second-order valence-corrected chi connectivity index (χ2v) is 4.70. The summed E-state index contributed by atoms with van der Waals surface area (Å²) in [6.45, 7) is 0.0961. The van der Waals surface area contributed by atoms with E-state index in [0.717, 1.165) is 11.8 Å². The Labute approximate surface area is 102 Å². The van der Waals surface area contributed by atoms with E-state index in [1.54, 1.807) is 25.3 Å². The van der Waals surface area contributed by atoms with Gasteiger partial charge in [-0.3, -0.25) is 9.59 Å². The van der Waals surface area contributed by atoms with E-state index in [2.05, 4.69) is 0 Å². The molecule has 1 fully saturated rings. The van der Waals surface area contributed by atoms with Crippen LogP contribution in [0, 0.1) is 5.82 Å². The summed E-state index contributed by atoms with van der Waals surface area (Å²) in [6, 6.07) is 5.77. The number of likely N-dealkylation sites (N-methyl/N-ethyl adjacent to an activating group) is 1. The molecule has 1 saturated heterocycles. The van der Waals surface area contributed by atoms with E-state index in [-0.39, 0.29) is 23.4 Å². The maximum absolute atomic E-state index is 12.7. The minimum atomic E-state index is -0.328. The molecule has 0 saturated carbocycles. The van der Waals surface area contributed by atoms with E-state index < -0.39 is 0 Å². The number of thioether (sulfide) groups is 1. The second kappa shape index (κ2) is 4.71. The van der Waals surface area contributed by atoms with Gasteiger partial charge in [-0.1, -0.05) is 12.1 Å². The molecule has 1 aliphatic rings. The summed E-state index contributed by atoms with van der Waals surface area (Å²) in [5, 5.41) is -0.155. The van der Waals surface area contributed by atoms with E-state index in [1.165, 1.54) is 17.0 Å². The Morgan fingerprint density at radius 1 is 1.29 bits per heavy atom. The van der Waals surface area contributed by atoms with Crippen LogP contribution in [0.3, 0.4) is 0 Å². The van der Waals surface area contributed by atoms with Gasteiger partial charge in [0.15, 0.2) is 5.78 Å². The van der Waals surface area contributed by atoms with Crippen LogP contribution in [0.2, 0.25) is 0 Å². The number of carbonyl (C=O) groups excluding carboxylic acids is 2. The molecule has 1 aromatic rings. The zero-order chi connectivity index (χ0) is 12.4. The number of rotatable bonds is 1. The predicted octanol–water partition coefficient (Wildman–Crippen LogP) is 2.53. The van der Waals surface area contributed by atoms with Gasteiger partial charge in [-0.05, 0) is 35.5 Å². The van der Waals surface area contributed by atoms with Crippen LogP contribution < -0.4 is 0 Å². The van der Waals surface area contributed by atoms with Crippen molar-refractivity contribution in [1.29, 1.82) is 0 Å². The van der Waals surface area contributed by atoms with E-state index in [0.29, 0.717) is 10.5 Å². The molecule has 88 valence electrons. The Morgan fingerprint density at radius 2 is 1.94 bits per heavy atom. The van der Waals surface area contributed by atoms with Crippen LogP contribution in [0.5, 0.6) is 0 Å². The number of carbonyl (C=O) groups is 2. The Kier molecular flexibility index (Phi) is 3.28. The number of nitrogens with zero attached hydrogens (tertiary/aromatic N) is 1. The first kappa shape index (κ1) is 11.9. The Bertz CT molecular complexity index is 496. The van der Waals surface area contributed by atoms with Gasteiger partial charge in [0.05, 0.1) is 11.4 Å². The van der Waals surface area contributed by atoms with Gasteiger partial charge in [0, 0.05) is 7.05 Å². The van der Waals surface area contributed by atoms with Crippen LogP contribution in [-0.2, 0) is 4.79 Å². The van der Waals surface area contributed by atoms with E-state index >= 15 is 0 Å². The lowest BCUT2D eigenvalue weighted by Crippen LogP contribution is -2.34. The zero-order valence-corrected chi connectivity index (χ0v) is 9.96. The van der Waals surface area contributed by atoms with E-state index in [4.69, 9.17) is 0 Å². The number of benzene rings is 1. The zero-order valence-electron chi connectivity index (χ0n) is 9.14. The summed E-state index contributed by atoms with van der Waals surface area (Å²) in [6.07, 6.45) is 1.61. The number of ketones is 1. The van der Waals surface area contributed by atoms with Crippen LogP contribution >= 0.6 is 11.8 Å². The molecule has 0 aromatic heterocycles. The fraction of sp³-hybridized carbons (Fsp3) is 0.167. The third kappa shape index (κ3) is 2.74. The summed E-state index contributed by atoms with van der Waals surface area (Å²) in [5.41, 5.74) is 0.708. The van der Waals surface area contributed by atoms with Crippen LogP contribution in [-0.4, -0.2) is 29.5 Å². The van der Waals surface area contributed by atoms with Gasteiger partial charge in [0.2, 0.25) is 0 Å². The highest BCUT2D eigenvalue weighted by Gasteiger charge is 2.25. The number of hydrogen-bond acceptors (Lipinski definition) is 3. The predicted molar refractivity (Wildman–Crippen MR) is 65.0 cm³/mol. The summed E-state index contributed by atoms with van der Waals surface area (Å²) in [4.78, 5) is 24.9.